The first-order valence-corrected chi connectivity index (χ1v) is 13.9. The summed E-state index contributed by atoms with van der Waals surface area (Å²) in [6, 6.07) is 0. The quantitative estimate of drug-likeness (QED) is 0.0949. The molecule has 204 valence electrons. The Morgan fingerprint density at radius 2 is 1.00 bits per heavy atom. The molecule has 7 nitrogen and oxygen atoms in total. The molecule has 0 saturated carbocycles. The predicted molar refractivity (Wildman–Crippen MR) is 138 cm³/mol. The molecule has 0 aliphatic heterocycles. The lowest BCUT2D eigenvalue weighted by Crippen LogP contribution is -2.51. The maximum Gasteiger partial charge on any atom is 0.303 e. The molecule has 7 heteroatoms. The van der Waals surface area contributed by atoms with Gasteiger partial charge in [0.05, 0.1) is 26.2 Å². The Morgan fingerprint density at radius 1 is 0.600 bits per heavy atom. The van der Waals surface area contributed by atoms with Crippen molar-refractivity contribution in [3.8, 4) is 0 Å². The van der Waals surface area contributed by atoms with Crippen molar-refractivity contribution in [2.75, 3.05) is 26.2 Å². The van der Waals surface area contributed by atoms with E-state index in [1.807, 2.05) is 0 Å². The number of carboxylic acids is 3. The monoisotopic (exact) mass is 497 g/mol. The molecule has 0 bridgehead atoms. The van der Waals surface area contributed by atoms with Crippen LogP contribution in [0.15, 0.2) is 12.2 Å². The van der Waals surface area contributed by atoms with Gasteiger partial charge in [-0.25, -0.2) is 0 Å². The van der Waals surface area contributed by atoms with Gasteiger partial charge in [-0.05, 0) is 77.0 Å². The van der Waals surface area contributed by atoms with E-state index in [0.717, 1.165) is 62.8 Å². The topological polar surface area (TPSA) is 115 Å². The molecular formula is C28H51NO6. The number of hydrogen-bond acceptors (Lipinski definition) is 4. The lowest BCUT2D eigenvalue weighted by Gasteiger charge is -2.39. The van der Waals surface area contributed by atoms with E-state index in [4.69, 9.17) is 10.2 Å². The van der Waals surface area contributed by atoms with E-state index >= 15 is 0 Å². The van der Waals surface area contributed by atoms with Crippen LogP contribution in [0.4, 0.5) is 0 Å². The molecule has 0 aliphatic carbocycles. The van der Waals surface area contributed by atoms with Gasteiger partial charge in [0.1, 0.15) is 0 Å². The van der Waals surface area contributed by atoms with E-state index in [1.165, 1.54) is 44.9 Å². The molecule has 0 aromatic rings. The Bertz CT molecular complexity index is 535. The maximum atomic E-state index is 10.9. The SMILES string of the molecule is CCC/C=C/CCCCCCCC[N+](CCCCC(=O)[O-])(CCCCC(=O)O)CCCCC(=O)O. The van der Waals surface area contributed by atoms with Crippen molar-refractivity contribution in [1.29, 1.82) is 0 Å². The fraction of sp³-hybridized carbons (Fsp3) is 0.821. The Labute approximate surface area is 213 Å². The highest BCUT2D eigenvalue weighted by Crippen LogP contribution is 2.19. The van der Waals surface area contributed by atoms with Gasteiger partial charge < -0.3 is 24.6 Å². The third-order valence-electron chi connectivity index (χ3n) is 6.68. The Kier molecular flexibility index (Phi) is 21.3. The molecule has 0 saturated heterocycles. The molecule has 0 radical (unpaired) electrons. The van der Waals surface area contributed by atoms with Crippen LogP contribution in [0.2, 0.25) is 0 Å². The van der Waals surface area contributed by atoms with Crippen LogP contribution in [0, 0.1) is 0 Å². The van der Waals surface area contributed by atoms with Crippen molar-refractivity contribution in [3.05, 3.63) is 12.2 Å². The summed E-state index contributed by atoms with van der Waals surface area (Å²) in [5, 5.41) is 28.8. The zero-order valence-electron chi connectivity index (χ0n) is 22.2. The average molecular weight is 498 g/mol. The second-order valence-electron chi connectivity index (χ2n) is 9.94. The Morgan fingerprint density at radius 3 is 1.46 bits per heavy atom. The highest BCUT2D eigenvalue weighted by atomic mass is 16.4. The third-order valence-corrected chi connectivity index (χ3v) is 6.68. The van der Waals surface area contributed by atoms with Gasteiger partial charge in [-0.15, -0.1) is 0 Å². The first-order valence-electron chi connectivity index (χ1n) is 13.9. The van der Waals surface area contributed by atoms with Crippen molar-refractivity contribution < 1.29 is 34.2 Å². The van der Waals surface area contributed by atoms with Crippen LogP contribution < -0.4 is 5.11 Å². The summed E-state index contributed by atoms with van der Waals surface area (Å²) >= 11 is 0. The van der Waals surface area contributed by atoms with E-state index in [-0.39, 0.29) is 19.3 Å². The van der Waals surface area contributed by atoms with Crippen LogP contribution in [-0.4, -0.2) is 58.8 Å². The number of carbonyl (C=O) groups excluding carboxylic acids is 1. The van der Waals surface area contributed by atoms with E-state index in [0.29, 0.717) is 19.3 Å². The molecule has 0 amide bonds. The van der Waals surface area contributed by atoms with Crippen molar-refractivity contribution >= 4 is 17.9 Å². The lowest BCUT2D eigenvalue weighted by atomic mass is 10.1. The molecule has 0 rings (SSSR count). The molecule has 0 aromatic heterocycles. The zero-order chi connectivity index (χ0) is 26.2. The normalized spacial score (nSPS) is 11.8. The summed E-state index contributed by atoms with van der Waals surface area (Å²) in [6.07, 6.45) is 20.0. The minimum absolute atomic E-state index is 0.0612. The maximum absolute atomic E-state index is 10.9. The second-order valence-corrected chi connectivity index (χ2v) is 9.94. The lowest BCUT2D eigenvalue weighted by molar-refractivity contribution is -0.929. The minimum atomic E-state index is -1.02. The molecule has 2 N–H and O–H groups in total. The van der Waals surface area contributed by atoms with Gasteiger partial charge in [0.15, 0.2) is 0 Å². The number of hydrogen-bond donors (Lipinski definition) is 2. The average Bonchev–Trinajstić information content (AvgIpc) is 2.80. The summed E-state index contributed by atoms with van der Waals surface area (Å²) < 4.78 is 0.842. The smallest absolute Gasteiger partial charge is 0.303 e. The highest BCUT2D eigenvalue weighted by Gasteiger charge is 2.26. The summed E-state index contributed by atoms with van der Waals surface area (Å²) in [5.41, 5.74) is 0. The van der Waals surface area contributed by atoms with E-state index < -0.39 is 17.9 Å². The number of carbonyl (C=O) groups is 3. The Hall–Kier alpha value is -1.89. The van der Waals surface area contributed by atoms with Gasteiger partial charge in [-0.2, -0.15) is 0 Å². The third kappa shape index (κ3) is 22.3. The van der Waals surface area contributed by atoms with Crippen molar-refractivity contribution in [2.45, 2.75) is 122 Å². The fourth-order valence-corrected chi connectivity index (χ4v) is 4.65. The molecular weight excluding hydrogens is 446 g/mol. The zero-order valence-corrected chi connectivity index (χ0v) is 22.2. The van der Waals surface area contributed by atoms with E-state index in [2.05, 4.69) is 19.1 Å². The predicted octanol–water partition coefficient (Wildman–Crippen LogP) is 5.32. The standard InChI is InChI=1S/C28H51NO6/c1-2-3-4-5-6-7-8-9-10-11-15-22-29(23-16-12-19-26(30)31,24-17-13-20-27(32)33)25-18-14-21-28(34)35/h4-5H,2-3,6-25H2,1H3,(H2-,30,31,32,33,34,35)/b5-4+. The first-order chi connectivity index (χ1) is 16.8. The molecule has 0 unspecified atom stereocenters. The molecule has 35 heavy (non-hydrogen) atoms. The van der Waals surface area contributed by atoms with Crippen LogP contribution in [0.25, 0.3) is 0 Å². The van der Waals surface area contributed by atoms with E-state index in [9.17, 15) is 19.5 Å². The molecule has 0 heterocycles. The van der Waals surface area contributed by atoms with Gasteiger partial charge in [-0.3, -0.25) is 9.59 Å². The van der Waals surface area contributed by atoms with Gasteiger partial charge in [0, 0.05) is 18.8 Å². The number of nitrogens with zero attached hydrogens (tertiary/aromatic N) is 1. The number of allylic oxidation sites excluding steroid dienone is 2. The van der Waals surface area contributed by atoms with Gasteiger partial charge >= 0.3 is 11.9 Å². The van der Waals surface area contributed by atoms with Gasteiger partial charge in [-0.1, -0.05) is 44.8 Å². The summed E-state index contributed by atoms with van der Waals surface area (Å²) in [6.45, 7) is 5.78. The van der Waals surface area contributed by atoms with Crippen molar-refractivity contribution in [1.82, 2.24) is 0 Å². The molecule has 0 spiro atoms. The van der Waals surface area contributed by atoms with Crippen LogP contribution >= 0.6 is 0 Å². The highest BCUT2D eigenvalue weighted by molar-refractivity contribution is 5.66. The summed E-state index contributed by atoms with van der Waals surface area (Å²) in [7, 11) is 0. The van der Waals surface area contributed by atoms with Crippen LogP contribution in [0.1, 0.15) is 122 Å². The molecule has 0 aromatic carbocycles. The number of carboxylic acid groups (broad SMARTS) is 3. The van der Waals surface area contributed by atoms with Gasteiger partial charge in [0.25, 0.3) is 0 Å². The molecule has 0 aliphatic rings. The van der Waals surface area contributed by atoms with Crippen molar-refractivity contribution in [3.63, 3.8) is 0 Å². The Balaban J connectivity index is 4.72. The minimum Gasteiger partial charge on any atom is -0.550 e. The number of aliphatic carboxylic acids is 3. The van der Waals surface area contributed by atoms with Gasteiger partial charge in [0.2, 0.25) is 0 Å². The second kappa shape index (κ2) is 22.6. The number of rotatable bonds is 26. The van der Waals surface area contributed by atoms with Crippen molar-refractivity contribution in [2.24, 2.45) is 0 Å². The molecule has 0 atom stereocenters. The largest absolute Gasteiger partial charge is 0.550 e. The van der Waals surface area contributed by atoms with Crippen LogP contribution in [-0.2, 0) is 14.4 Å². The van der Waals surface area contributed by atoms with E-state index in [1.54, 1.807) is 0 Å². The van der Waals surface area contributed by atoms with Crippen LogP contribution in [0.3, 0.4) is 0 Å². The van der Waals surface area contributed by atoms with Crippen LogP contribution in [0.5, 0.6) is 0 Å². The fourth-order valence-electron chi connectivity index (χ4n) is 4.65. The summed E-state index contributed by atoms with van der Waals surface area (Å²) in [5.74, 6) is -2.58. The number of unbranched alkanes of at least 4 members (excludes halogenated alkanes) is 10. The summed E-state index contributed by atoms with van der Waals surface area (Å²) in [4.78, 5) is 32.7. The molecule has 0 fully saturated rings. The first kappa shape index (κ1) is 33.1. The number of quaternary nitrogens is 1.